The van der Waals surface area contributed by atoms with E-state index in [4.69, 9.17) is 16.3 Å². The quantitative estimate of drug-likeness (QED) is 0.470. The Labute approximate surface area is 179 Å². The van der Waals surface area contributed by atoms with E-state index in [1.165, 1.54) is 7.11 Å². The van der Waals surface area contributed by atoms with Gasteiger partial charge in [0.2, 0.25) is 0 Å². The summed E-state index contributed by atoms with van der Waals surface area (Å²) < 4.78 is 5.38. The fraction of sp³-hybridized carbons (Fsp3) is 0.125. The van der Waals surface area contributed by atoms with E-state index < -0.39 is 5.56 Å². The van der Waals surface area contributed by atoms with Crippen molar-refractivity contribution in [1.82, 2.24) is 4.98 Å². The van der Waals surface area contributed by atoms with Crippen LogP contribution in [0.25, 0.3) is 33.2 Å². The maximum atomic E-state index is 12.8. The van der Waals surface area contributed by atoms with Gasteiger partial charge in [0.1, 0.15) is 11.5 Å². The first-order valence-electron chi connectivity index (χ1n) is 9.40. The maximum Gasteiger partial charge on any atom is 0.260 e. The number of para-hydroxylation sites is 1. The van der Waals surface area contributed by atoms with E-state index >= 15 is 0 Å². The van der Waals surface area contributed by atoms with E-state index in [2.05, 4.69) is 4.98 Å². The number of rotatable bonds is 4. The molecule has 0 atom stereocenters. The normalized spacial score (nSPS) is 10.9. The lowest BCUT2D eigenvalue weighted by Crippen LogP contribution is -2.10. The molecule has 1 heterocycles. The van der Waals surface area contributed by atoms with E-state index in [0.29, 0.717) is 27.2 Å². The number of hydrogen-bond acceptors (Lipinski definition) is 4. The van der Waals surface area contributed by atoms with Crippen molar-refractivity contribution in [2.75, 3.05) is 26.1 Å². The fourth-order valence-electron chi connectivity index (χ4n) is 3.56. The summed E-state index contributed by atoms with van der Waals surface area (Å²) in [5, 5.41) is 12.0. The number of aromatic nitrogens is 1. The third-order valence-electron chi connectivity index (χ3n) is 5.15. The second kappa shape index (κ2) is 7.76. The zero-order chi connectivity index (χ0) is 21.4. The lowest BCUT2D eigenvalue weighted by atomic mass is 9.99. The molecule has 0 saturated carbocycles. The van der Waals surface area contributed by atoms with Crippen molar-refractivity contribution in [2.24, 2.45) is 0 Å². The van der Waals surface area contributed by atoms with Crippen molar-refractivity contribution < 1.29 is 9.84 Å². The predicted octanol–water partition coefficient (Wildman–Crippen LogP) is 5.30. The summed E-state index contributed by atoms with van der Waals surface area (Å²) in [5.41, 5.74) is 3.49. The minimum atomic E-state index is -0.413. The van der Waals surface area contributed by atoms with Gasteiger partial charge in [-0.3, -0.25) is 4.79 Å². The van der Waals surface area contributed by atoms with Gasteiger partial charge in [0.25, 0.3) is 5.56 Å². The van der Waals surface area contributed by atoms with Crippen LogP contribution in [0.3, 0.4) is 0 Å². The summed E-state index contributed by atoms with van der Waals surface area (Å²) in [7, 11) is 5.48. The molecule has 1 aromatic heterocycles. The monoisotopic (exact) mass is 420 g/mol. The highest BCUT2D eigenvalue weighted by Gasteiger charge is 2.19. The largest absolute Gasteiger partial charge is 0.506 e. The molecule has 0 fully saturated rings. The summed E-state index contributed by atoms with van der Waals surface area (Å²) >= 11 is 6.52. The van der Waals surface area contributed by atoms with Crippen LogP contribution in [0.2, 0.25) is 5.02 Å². The predicted molar refractivity (Wildman–Crippen MR) is 123 cm³/mol. The van der Waals surface area contributed by atoms with Gasteiger partial charge in [-0.15, -0.1) is 0 Å². The van der Waals surface area contributed by atoms with E-state index in [1.54, 1.807) is 30.3 Å². The Balaban J connectivity index is 1.94. The SMILES string of the molecule is COc1ccccc1-c1c(O)c2cc(-c3ccc(N(C)C)cc3)c(Cl)cc2[nH]c1=O. The standard InChI is InChI=1S/C24H21ClN2O3/c1-27(2)15-10-8-14(9-11-15)17-12-18-20(13-19(17)25)26-24(29)22(23(18)28)16-6-4-5-7-21(16)30-3/h4-13H,1-3H3,(H2,26,28,29). The summed E-state index contributed by atoms with van der Waals surface area (Å²) in [6.45, 7) is 0. The van der Waals surface area contributed by atoms with Crippen molar-refractivity contribution in [2.45, 2.75) is 0 Å². The molecule has 2 N–H and O–H groups in total. The van der Waals surface area contributed by atoms with Gasteiger partial charge in [0.05, 0.1) is 23.2 Å². The van der Waals surface area contributed by atoms with Crippen molar-refractivity contribution >= 4 is 28.2 Å². The van der Waals surface area contributed by atoms with Crippen molar-refractivity contribution in [1.29, 1.82) is 0 Å². The van der Waals surface area contributed by atoms with Crippen LogP contribution in [0.1, 0.15) is 0 Å². The number of aromatic amines is 1. The van der Waals surface area contributed by atoms with Gasteiger partial charge in [0.15, 0.2) is 0 Å². The number of ether oxygens (including phenoxy) is 1. The molecule has 0 bridgehead atoms. The molecule has 5 nitrogen and oxygen atoms in total. The number of nitrogens with one attached hydrogen (secondary N) is 1. The molecule has 0 radical (unpaired) electrons. The van der Waals surface area contributed by atoms with Gasteiger partial charge in [-0.2, -0.15) is 0 Å². The highest BCUT2D eigenvalue weighted by atomic mass is 35.5. The second-order valence-corrected chi connectivity index (χ2v) is 7.60. The average Bonchev–Trinajstić information content (AvgIpc) is 2.74. The Kier molecular flexibility index (Phi) is 5.14. The molecule has 0 amide bonds. The Bertz CT molecular complexity index is 1290. The first-order valence-corrected chi connectivity index (χ1v) is 9.78. The van der Waals surface area contributed by atoms with Gasteiger partial charge in [-0.05, 0) is 35.9 Å². The second-order valence-electron chi connectivity index (χ2n) is 7.20. The number of H-pyrrole nitrogens is 1. The molecule has 0 aliphatic carbocycles. The van der Waals surface area contributed by atoms with Crippen molar-refractivity contribution in [3.8, 4) is 33.8 Å². The average molecular weight is 421 g/mol. The van der Waals surface area contributed by atoms with E-state index in [-0.39, 0.29) is 11.3 Å². The zero-order valence-corrected chi connectivity index (χ0v) is 17.6. The summed E-state index contributed by atoms with van der Waals surface area (Å²) in [4.78, 5) is 17.6. The maximum absolute atomic E-state index is 12.8. The zero-order valence-electron chi connectivity index (χ0n) is 16.9. The number of nitrogens with zero attached hydrogens (tertiary/aromatic N) is 1. The first-order chi connectivity index (χ1) is 14.4. The highest BCUT2D eigenvalue weighted by molar-refractivity contribution is 6.34. The number of halogens is 1. The van der Waals surface area contributed by atoms with Gasteiger partial charge >= 0.3 is 0 Å². The van der Waals surface area contributed by atoms with Crippen LogP contribution in [0.4, 0.5) is 5.69 Å². The van der Waals surface area contributed by atoms with Crippen molar-refractivity contribution in [3.05, 3.63) is 76.0 Å². The Morgan fingerprint density at radius 2 is 1.70 bits per heavy atom. The van der Waals surface area contributed by atoms with Gasteiger partial charge in [-0.25, -0.2) is 0 Å². The Morgan fingerprint density at radius 1 is 1.00 bits per heavy atom. The Morgan fingerprint density at radius 3 is 2.37 bits per heavy atom. The molecule has 0 saturated heterocycles. The molecule has 0 spiro atoms. The van der Waals surface area contributed by atoms with Gasteiger partial charge in [-0.1, -0.05) is 41.9 Å². The third kappa shape index (κ3) is 3.37. The van der Waals surface area contributed by atoms with Crippen LogP contribution in [0.5, 0.6) is 11.5 Å². The first kappa shape index (κ1) is 19.9. The summed E-state index contributed by atoms with van der Waals surface area (Å²) in [5.74, 6) is 0.396. The molecule has 152 valence electrons. The van der Waals surface area contributed by atoms with Crippen LogP contribution in [-0.4, -0.2) is 31.3 Å². The third-order valence-corrected chi connectivity index (χ3v) is 5.46. The number of aromatic hydroxyl groups is 1. The van der Waals surface area contributed by atoms with Crippen LogP contribution in [-0.2, 0) is 0 Å². The minimum absolute atomic E-state index is 0.110. The summed E-state index contributed by atoms with van der Waals surface area (Å²) in [6.07, 6.45) is 0. The van der Waals surface area contributed by atoms with Gasteiger partial charge in [0, 0.05) is 36.3 Å². The molecule has 0 aliphatic rings. The molecular weight excluding hydrogens is 400 g/mol. The lowest BCUT2D eigenvalue weighted by molar-refractivity contribution is 0.415. The van der Waals surface area contributed by atoms with Crippen molar-refractivity contribution in [3.63, 3.8) is 0 Å². The highest BCUT2D eigenvalue weighted by Crippen LogP contribution is 2.40. The van der Waals surface area contributed by atoms with Crippen LogP contribution in [0, 0.1) is 0 Å². The molecule has 6 heteroatoms. The Hall–Kier alpha value is -3.44. The number of fused-ring (bicyclic) bond motifs is 1. The molecule has 0 aliphatic heterocycles. The molecule has 4 rings (SSSR count). The summed E-state index contributed by atoms with van der Waals surface area (Å²) in [6, 6.07) is 18.5. The van der Waals surface area contributed by atoms with Crippen LogP contribution in [0.15, 0.2) is 65.5 Å². The smallest absolute Gasteiger partial charge is 0.260 e. The van der Waals surface area contributed by atoms with Crippen LogP contribution >= 0.6 is 11.6 Å². The minimum Gasteiger partial charge on any atom is -0.506 e. The molecule has 3 aromatic carbocycles. The number of anilines is 1. The van der Waals surface area contributed by atoms with Gasteiger partial charge < -0.3 is 19.7 Å². The number of methoxy groups -OCH3 is 1. The van der Waals surface area contributed by atoms with E-state index in [1.807, 2.05) is 49.3 Å². The fourth-order valence-corrected chi connectivity index (χ4v) is 3.83. The number of hydrogen-bond donors (Lipinski definition) is 2. The number of pyridine rings is 1. The molecule has 4 aromatic rings. The van der Waals surface area contributed by atoms with E-state index in [0.717, 1.165) is 16.8 Å². The number of benzene rings is 3. The lowest BCUT2D eigenvalue weighted by Gasteiger charge is -2.15. The molecular formula is C24H21ClN2O3. The molecule has 0 unspecified atom stereocenters. The topological polar surface area (TPSA) is 65.6 Å². The molecule has 30 heavy (non-hydrogen) atoms. The van der Waals surface area contributed by atoms with Crippen LogP contribution < -0.4 is 15.2 Å². The van der Waals surface area contributed by atoms with E-state index in [9.17, 15) is 9.90 Å².